The topological polar surface area (TPSA) is 82.1 Å². The molecule has 0 aliphatic carbocycles. The average Bonchev–Trinajstić information content (AvgIpc) is 2.52. The fraction of sp³-hybridized carbons (Fsp3) is 0.357. The van der Waals surface area contributed by atoms with Gasteiger partial charge >= 0.3 is 5.97 Å². The average molecular weight is 325 g/mol. The van der Waals surface area contributed by atoms with Gasteiger partial charge in [-0.2, -0.15) is 0 Å². The van der Waals surface area contributed by atoms with Gasteiger partial charge in [0.15, 0.2) is 11.5 Å². The van der Waals surface area contributed by atoms with E-state index in [9.17, 15) is 13.2 Å². The fourth-order valence-electron chi connectivity index (χ4n) is 2.50. The Kier molecular flexibility index (Phi) is 3.48. The van der Waals surface area contributed by atoms with Crippen LogP contribution in [0.1, 0.15) is 12.5 Å². The van der Waals surface area contributed by atoms with Crippen molar-refractivity contribution in [3.63, 3.8) is 0 Å². The van der Waals surface area contributed by atoms with Gasteiger partial charge in [-0.1, -0.05) is 0 Å². The first-order chi connectivity index (χ1) is 10.5. The summed E-state index contributed by atoms with van der Waals surface area (Å²) < 4.78 is 42.0. The molecule has 0 bridgehead atoms. The lowest BCUT2D eigenvalue weighted by atomic mass is 10.1. The van der Waals surface area contributed by atoms with Gasteiger partial charge in [-0.3, -0.25) is 4.31 Å². The minimum atomic E-state index is -3.84. The summed E-state index contributed by atoms with van der Waals surface area (Å²) in [6.07, 6.45) is 1.49. The third-order valence-electron chi connectivity index (χ3n) is 3.49. The first-order valence-corrected chi connectivity index (χ1v) is 8.19. The normalized spacial score (nSPS) is 18.3. The molecular formula is C14H15NO6S. The van der Waals surface area contributed by atoms with E-state index in [1.165, 1.54) is 19.3 Å². The van der Waals surface area contributed by atoms with Crippen LogP contribution in [0.4, 0.5) is 0 Å². The molecule has 0 aromatic heterocycles. The second-order valence-electron chi connectivity index (χ2n) is 4.72. The number of ether oxygens (including phenoxy) is 3. The summed E-state index contributed by atoms with van der Waals surface area (Å²) in [6.45, 7) is 2.54. The third-order valence-corrected chi connectivity index (χ3v) is 5.43. The lowest BCUT2D eigenvalue weighted by molar-refractivity contribution is -0.137. The predicted octanol–water partition coefficient (Wildman–Crippen LogP) is 0.996. The van der Waals surface area contributed by atoms with Crippen molar-refractivity contribution in [2.45, 2.75) is 11.8 Å². The van der Waals surface area contributed by atoms with E-state index >= 15 is 0 Å². The van der Waals surface area contributed by atoms with Crippen molar-refractivity contribution in [3.8, 4) is 11.5 Å². The molecule has 2 aliphatic heterocycles. The van der Waals surface area contributed by atoms with Crippen LogP contribution in [0.5, 0.6) is 11.5 Å². The Balaban J connectivity index is 2.23. The van der Waals surface area contributed by atoms with Gasteiger partial charge in [-0.05, 0) is 19.1 Å². The summed E-state index contributed by atoms with van der Waals surface area (Å²) in [5, 5.41) is 0. The zero-order valence-corrected chi connectivity index (χ0v) is 13.0. The van der Waals surface area contributed by atoms with Gasteiger partial charge in [0.25, 0.3) is 10.0 Å². The first kappa shape index (κ1) is 14.7. The Morgan fingerprint density at radius 3 is 2.50 bits per heavy atom. The Bertz CT molecular complexity index is 768. The number of carbonyl (C=O) groups excluding carboxylic acids is 1. The highest BCUT2D eigenvalue weighted by atomic mass is 32.2. The van der Waals surface area contributed by atoms with Crippen molar-refractivity contribution in [2.24, 2.45) is 0 Å². The van der Waals surface area contributed by atoms with Gasteiger partial charge in [-0.15, -0.1) is 0 Å². The molecule has 1 aromatic carbocycles. The highest BCUT2D eigenvalue weighted by Gasteiger charge is 2.36. The minimum absolute atomic E-state index is 0.0193. The molecule has 0 amide bonds. The van der Waals surface area contributed by atoms with E-state index in [1.807, 2.05) is 0 Å². The Morgan fingerprint density at radius 1 is 1.27 bits per heavy atom. The number of hydrogen-bond donors (Lipinski definition) is 0. The van der Waals surface area contributed by atoms with Crippen LogP contribution in [0.25, 0.3) is 6.08 Å². The number of sulfonamides is 1. The Hall–Kier alpha value is -2.22. The van der Waals surface area contributed by atoms with Crippen LogP contribution in [0.15, 0.2) is 22.7 Å². The number of carbonyl (C=O) groups is 1. The van der Waals surface area contributed by atoms with E-state index in [0.717, 1.165) is 4.31 Å². The van der Waals surface area contributed by atoms with Crippen LogP contribution in [0, 0.1) is 0 Å². The molecular weight excluding hydrogens is 310 g/mol. The maximum absolute atomic E-state index is 12.7. The van der Waals surface area contributed by atoms with Gasteiger partial charge in [0, 0.05) is 18.2 Å². The number of rotatable bonds is 2. The molecule has 7 nitrogen and oxygen atoms in total. The highest BCUT2D eigenvalue weighted by Crippen LogP contribution is 2.40. The molecule has 2 heterocycles. The molecule has 0 spiro atoms. The number of likely N-dealkylation sites (N-methyl/N-ethyl adjacent to an activating group) is 1. The highest BCUT2D eigenvalue weighted by molar-refractivity contribution is 7.89. The molecule has 2 aliphatic rings. The molecule has 118 valence electrons. The number of hydrogen-bond acceptors (Lipinski definition) is 6. The third kappa shape index (κ3) is 2.10. The van der Waals surface area contributed by atoms with Gasteiger partial charge in [0.1, 0.15) is 18.9 Å². The van der Waals surface area contributed by atoms with Crippen molar-refractivity contribution in [3.05, 3.63) is 23.4 Å². The van der Waals surface area contributed by atoms with Gasteiger partial charge < -0.3 is 14.2 Å². The number of nitrogens with zero attached hydrogens (tertiary/aromatic N) is 1. The van der Waals surface area contributed by atoms with Crippen molar-refractivity contribution < 1.29 is 27.4 Å². The van der Waals surface area contributed by atoms with Gasteiger partial charge in [0.05, 0.1) is 12.0 Å². The monoisotopic (exact) mass is 325 g/mol. The first-order valence-electron chi connectivity index (χ1n) is 6.75. The molecule has 0 fully saturated rings. The van der Waals surface area contributed by atoms with E-state index in [-0.39, 0.29) is 17.1 Å². The maximum atomic E-state index is 12.7. The Morgan fingerprint density at radius 2 is 1.91 bits per heavy atom. The molecule has 0 saturated carbocycles. The summed E-state index contributed by atoms with van der Waals surface area (Å²) in [6, 6.07) is 3.00. The van der Waals surface area contributed by atoms with Crippen LogP contribution in [-0.4, -0.2) is 45.6 Å². The number of fused-ring (bicyclic) bond motifs is 2. The van der Waals surface area contributed by atoms with Crippen LogP contribution in [0.3, 0.4) is 0 Å². The molecule has 1 aromatic rings. The summed E-state index contributed by atoms with van der Waals surface area (Å²) in [7, 11) is -2.63. The molecule has 3 rings (SSSR count). The number of benzene rings is 1. The van der Waals surface area contributed by atoms with Crippen molar-refractivity contribution in [2.75, 3.05) is 26.9 Å². The second kappa shape index (κ2) is 5.20. The molecule has 0 saturated heterocycles. The van der Waals surface area contributed by atoms with E-state index in [2.05, 4.69) is 4.74 Å². The quantitative estimate of drug-likeness (QED) is 0.754. The Labute approximate surface area is 128 Å². The second-order valence-corrected chi connectivity index (χ2v) is 6.56. The summed E-state index contributed by atoms with van der Waals surface area (Å²) in [4.78, 5) is 12.0. The number of esters is 1. The van der Waals surface area contributed by atoms with Gasteiger partial charge in [0.2, 0.25) is 0 Å². The van der Waals surface area contributed by atoms with Gasteiger partial charge in [-0.25, -0.2) is 13.2 Å². The van der Waals surface area contributed by atoms with E-state index in [1.54, 1.807) is 13.0 Å². The molecule has 0 unspecified atom stereocenters. The van der Waals surface area contributed by atoms with Crippen LogP contribution >= 0.6 is 0 Å². The molecule has 0 N–H and O–H groups in total. The van der Waals surface area contributed by atoms with E-state index < -0.39 is 16.0 Å². The van der Waals surface area contributed by atoms with E-state index in [0.29, 0.717) is 30.3 Å². The summed E-state index contributed by atoms with van der Waals surface area (Å²) in [5.41, 5.74) is 0.364. The fourth-order valence-corrected chi connectivity index (χ4v) is 4.13. The number of methoxy groups -OCH3 is 1. The molecule has 0 atom stereocenters. The van der Waals surface area contributed by atoms with Crippen molar-refractivity contribution >= 4 is 22.1 Å². The van der Waals surface area contributed by atoms with E-state index in [4.69, 9.17) is 9.47 Å². The molecule has 22 heavy (non-hydrogen) atoms. The zero-order valence-electron chi connectivity index (χ0n) is 12.2. The maximum Gasteiger partial charge on any atom is 0.355 e. The smallest absolute Gasteiger partial charge is 0.355 e. The summed E-state index contributed by atoms with van der Waals surface area (Å²) in [5.74, 6) is 0.149. The predicted molar refractivity (Wildman–Crippen MR) is 77.0 cm³/mol. The summed E-state index contributed by atoms with van der Waals surface area (Å²) >= 11 is 0. The minimum Gasteiger partial charge on any atom is -0.486 e. The SMILES string of the molecule is CCN1C(C(=O)OC)=Cc2cc3c(cc2S1(=O)=O)OCCO3. The van der Waals surface area contributed by atoms with Crippen LogP contribution in [0.2, 0.25) is 0 Å². The largest absolute Gasteiger partial charge is 0.486 e. The lowest BCUT2D eigenvalue weighted by Crippen LogP contribution is -2.36. The van der Waals surface area contributed by atoms with Crippen molar-refractivity contribution in [1.29, 1.82) is 0 Å². The van der Waals surface area contributed by atoms with Crippen LogP contribution < -0.4 is 9.47 Å². The lowest BCUT2D eigenvalue weighted by Gasteiger charge is -2.29. The van der Waals surface area contributed by atoms with Crippen molar-refractivity contribution in [1.82, 2.24) is 4.31 Å². The standard InChI is InChI=1S/C14H15NO6S/c1-3-15-10(14(16)19-2)6-9-7-11-12(21-5-4-20-11)8-13(9)22(15,17)18/h6-8H,3-5H2,1-2H3. The molecule has 0 radical (unpaired) electrons. The molecule has 8 heteroatoms. The zero-order chi connectivity index (χ0) is 15.9. The van der Waals surface area contributed by atoms with Crippen LogP contribution in [-0.2, 0) is 19.6 Å².